The van der Waals surface area contributed by atoms with Crippen LogP contribution in [0.4, 0.5) is 5.69 Å². The third kappa shape index (κ3) is 3.74. The van der Waals surface area contributed by atoms with E-state index in [1.165, 1.54) is 29.9 Å². The van der Waals surface area contributed by atoms with Gasteiger partial charge in [0.2, 0.25) is 6.10 Å². The smallest absolute Gasteiger partial charge is 0.325 e. The van der Waals surface area contributed by atoms with E-state index in [1.807, 2.05) is 0 Å². The fourth-order valence-corrected chi connectivity index (χ4v) is 3.98. The largest absolute Gasteiger partial charge is 0.485 e. The van der Waals surface area contributed by atoms with E-state index in [0.29, 0.717) is 21.7 Å². The first kappa shape index (κ1) is 19.6. The second-order valence-corrected chi connectivity index (χ2v) is 7.28. The van der Waals surface area contributed by atoms with Crippen LogP contribution in [0.15, 0.2) is 47.5 Å². The maximum atomic E-state index is 12.7. The van der Waals surface area contributed by atoms with Gasteiger partial charge in [0.25, 0.3) is 11.6 Å². The maximum absolute atomic E-state index is 12.7. The summed E-state index contributed by atoms with van der Waals surface area (Å²) in [7, 11) is 1.24. The number of para-hydroxylation sites is 2. The number of hydrogen-bond donors (Lipinski definition) is 0. The molecule has 0 spiro atoms. The Kier molecular flexibility index (Phi) is 5.19. The van der Waals surface area contributed by atoms with Crippen LogP contribution in [0.5, 0.6) is 11.5 Å². The molecule has 4 rings (SSSR count). The minimum atomic E-state index is -0.953. The number of thiazole rings is 1. The fourth-order valence-electron chi connectivity index (χ4n) is 2.91. The normalized spacial score (nSPS) is 15.8. The average molecular weight is 429 g/mol. The minimum absolute atomic E-state index is 0.00723. The first-order valence-electron chi connectivity index (χ1n) is 8.78. The summed E-state index contributed by atoms with van der Waals surface area (Å²) in [5, 5.41) is 11.1. The van der Waals surface area contributed by atoms with Gasteiger partial charge in [0.1, 0.15) is 13.2 Å². The van der Waals surface area contributed by atoms with Crippen molar-refractivity contribution in [1.29, 1.82) is 0 Å². The molecule has 1 aliphatic heterocycles. The van der Waals surface area contributed by atoms with Crippen LogP contribution < -0.4 is 14.3 Å². The molecule has 1 amide bonds. The molecule has 10 nitrogen and oxygen atoms in total. The molecule has 0 unspecified atom stereocenters. The van der Waals surface area contributed by atoms with Gasteiger partial charge in [0.05, 0.1) is 22.2 Å². The molecule has 0 N–H and O–H groups in total. The number of amides is 1. The summed E-state index contributed by atoms with van der Waals surface area (Å²) in [6.45, 7) is -0.210. The van der Waals surface area contributed by atoms with Crippen molar-refractivity contribution >= 4 is 39.1 Å². The molecule has 1 aromatic heterocycles. The monoisotopic (exact) mass is 429 g/mol. The van der Waals surface area contributed by atoms with Gasteiger partial charge in [-0.2, -0.15) is 4.99 Å². The second kappa shape index (κ2) is 7.95. The Labute approximate surface area is 173 Å². The molecule has 0 radical (unpaired) electrons. The van der Waals surface area contributed by atoms with E-state index in [2.05, 4.69) is 4.99 Å². The molecular weight excluding hydrogens is 414 g/mol. The summed E-state index contributed by atoms with van der Waals surface area (Å²) in [5.41, 5.74) is 0.418. The van der Waals surface area contributed by atoms with Gasteiger partial charge in [0, 0.05) is 12.1 Å². The molecule has 1 aliphatic rings. The van der Waals surface area contributed by atoms with Gasteiger partial charge in [-0.3, -0.25) is 19.7 Å². The molecule has 2 heterocycles. The molecule has 0 saturated carbocycles. The lowest BCUT2D eigenvalue weighted by molar-refractivity contribution is -0.384. The van der Waals surface area contributed by atoms with E-state index in [9.17, 15) is 19.7 Å². The van der Waals surface area contributed by atoms with Crippen molar-refractivity contribution in [1.82, 2.24) is 4.57 Å². The third-order valence-electron chi connectivity index (χ3n) is 4.38. The number of hydrogen-bond acceptors (Lipinski definition) is 8. The number of nitro groups is 1. The Morgan fingerprint density at radius 3 is 2.80 bits per heavy atom. The van der Waals surface area contributed by atoms with Crippen molar-refractivity contribution in [3.8, 4) is 11.5 Å². The van der Waals surface area contributed by atoms with Crippen LogP contribution >= 0.6 is 11.3 Å². The number of ether oxygens (including phenoxy) is 3. The number of esters is 1. The van der Waals surface area contributed by atoms with Crippen molar-refractivity contribution in [3.63, 3.8) is 0 Å². The highest BCUT2D eigenvalue weighted by atomic mass is 32.1. The Morgan fingerprint density at radius 1 is 1.30 bits per heavy atom. The number of carbonyl (C=O) groups is 2. The summed E-state index contributed by atoms with van der Waals surface area (Å²) in [6.07, 6.45) is -0.953. The van der Waals surface area contributed by atoms with E-state index >= 15 is 0 Å². The number of non-ortho nitro benzene ring substituents is 1. The summed E-state index contributed by atoms with van der Waals surface area (Å²) in [4.78, 5) is 39.5. The van der Waals surface area contributed by atoms with Crippen LogP contribution in [0.2, 0.25) is 0 Å². The summed E-state index contributed by atoms with van der Waals surface area (Å²) in [5.74, 6) is -0.166. The van der Waals surface area contributed by atoms with Crippen LogP contribution in [0.25, 0.3) is 10.2 Å². The Balaban J connectivity index is 1.73. The number of methoxy groups -OCH3 is 1. The van der Waals surface area contributed by atoms with Gasteiger partial charge in [-0.15, -0.1) is 0 Å². The lowest BCUT2D eigenvalue weighted by atomic mass is 10.2. The van der Waals surface area contributed by atoms with Crippen molar-refractivity contribution in [2.24, 2.45) is 4.99 Å². The quantitative estimate of drug-likeness (QED) is 0.353. The molecule has 30 heavy (non-hydrogen) atoms. The van der Waals surface area contributed by atoms with Crippen molar-refractivity contribution in [2.75, 3.05) is 13.7 Å². The topological polar surface area (TPSA) is 122 Å². The van der Waals surface area contributed by atoms with E-state index in [1.54, 1.807) is 24.3 Å². The summed E-state index contributed by atoms with van der Waals surface area (Å²) < 4.78 is 17.9. The van der Waals surface area contributed by atoms with E-state index in [4.69, 9.17) is 14.2 Å². The van der Waals surface area contributed by atoms with Crippen LogP contribution in [-0.2, 0) is 20.9 Å². The molecule has 1 atom stereocenters. The van der Waals surface area contributed by atoms with Gasteiger partial charge >= 0.3 is 5.97 Å². The van der Waals surface area contributed by atoms with Gasteiger partial charge in [-0.25, -0.2) is 0 Å². The van der Waals surface area contributed by atoms with Gasteiger partial charge in [-0.05, 0) is 18.2 Å². The van der Waals surface area contributed by atoms with Gasteiger partial charge < -0.3 is 18.8 Å². The molecule has 0 fully saturated rings. The number of carbonyl (C=O) groups excluding carboxylic acids is 2. The van der Waals surface area contributed by atoms with E-state index in [0.717, 1.165) is 11.3 Å². The predicted octanol–water partition coefficient (Wildman–Crippen LogP) is 2.05. The van der Waals surface area contributed by atoms with Crippen molar-refractivity contribution < 1.29 is 28.7 Å². The molecule has 2 aromatic carbocycles. The Bertz CT molecular complexity index is 1230. The molecule has 154 valence electrons. The van der Waals surface area contributed by atoms with E-state index in [-0.39, 0.29) is 23.6 Å². The van der Waals surface area contributed by atoms with Crippen LogP contribution in [0.3, 0.4) is 0 Å². The molecule has 0 aliphatic carbocycles. The van der Waals surface area contributed by atoms with Crippen molar-refractivity contribution in [2.45, 2.75) is 12.6 Å². The standard InChI is InChI=1S/C19H15N3O7S/c1-27-17(23)9-21-12-7-6-11(22(25)26)8-16(12)30-19(21)20-18(24)15-10-28-13-4-2-3-5-14(13)29-15/h2-8,15H,9-10H2,1H3/t15-/m0/s1. The SMILES string of the molecule is COC(=O)Cn1c(=NC(=O)[C@@H]2COc3ccccc3O2)sc2cc([N+](=O)[O-])ccc21. The maximum Gasteiger partial charge on any atom is 0.325 e. The highest BCUT2D eigenvalue weighted by Crippen LogP contribution is 2.31. The number of nitrogens with zero attached hydrogens (tertiary/aromatic N) is 3. The van der Waals surface area contributed by atoms with Gasteiger partial charge in [0.15, 0.2) is 16.3 Å². The molecule has 0 bridgehead atoms. The fraction of sp³-hybridized carbons (Fsp3) is 0.211. The summed E-state index contributed by atoms with van der Waals surface area (Å²) in [6, 6.07) is 11.2. The molecule has 0 saturated heterocycles. The number of rotatable bonds is 4. The molecular formula is C19H15N3O7S. The number of benzene rings is 2. The van der Waals surface area contributed by atoms with Crippen LogP contribution in [-0.4, -0.2) is 41.2 Å². The third-order valence-corrected chi connectivity index (χ3v) is 5.42. The zero-order chi connectivity index (χ0) is 21.3. The predicted molar refractivity (Wildman–Crippen MR) is 105 cm³/mol. The lowest BCUT2D eigenvalue weighted by Gasteiger charge is -2.23. The number of nitro benzene ring substituents is 1. The number of aromatic nitrogens is 1. The van der Waals surface area contributed by atoms with Crippen molar-refractivity contribution in [3.05, 3.63) is 57.4 Å². The van der Waals surface area contributed by atoms with Gasteiger partial charge in [-0.1, -0.05) is 23.5 Å². The second-order valence-electron chi connectivity index (χ2n) is 6.27. The molecule has 11 heteroatoms. The summed E-state index contributed by atoms with van der Waals surface area (Å²) >= 11 is 1.05. The zero-order valence-electron chi connectivity index (χ0n) is 15.6. The molecule has 3 aromatic rings. The zero-order valence-corrected chi connectivity index (χ0v) is 16.5. The highest BCUT2D eigenvalue weighted by molar-refractivity contribution is 7.16. The van der Waals surface area contributed by atoms with E-state index < -0.39 is 22.9 Å². The lowest BCUT2D eigenvalue weighted by Crippen LogP contribution is -2.37. The van der Waals surface area contributed by atoms with Crippen LogP contribution in [0, 0.1) is 10.1 Å². The Morgan fingerprint density at radius 2 is 2.07 bits per heavy atom. The number of fused-ring (bicyclic) bond motifs is 2. The first-order valence-corrected chi connectivity index (χ1v) is 9.59. The first-order chi connectivity index (χ1) is 14.5. The highest BCUT2D eigenvalue weighted by Gasteiger charge is 2.27. The average Bonchev–Trinajstić information content (AvgIpc) is 3.09. The Hall–Kier alpha value is -3.73. The minimum Gasteiger partial charge on any atom is -0.485 e. The van der Waals surface area contributed by atoms with Crippen LogP contribution in [0.1, 0.15) is 0 Å².